The molecule has 0 aliphatic rings. The molecule has 0 aromatic heterocycles. The minimum Gasteiger partial charge on any atom is -0.358 e. The van der Waals surface area contributed by atoms with Crippen molar-refractivity contribution in [2.24, 2.45) is 11.5 Å². The van der Waals surface area contributed by atoms with Crippen LogP contribution in [0.3, 0.4) is 0 Å². The highest BCUT2D eigenvalue weighted by Gasteiger charge is 2.09. The molecule has 0 aliphatic carbocycles. The van der Waals surface area contributed by atoms with E-state index >= 15 is 0 Å². The van der Waals surface area contributed by atoms with E-state index in [1.165, 1.54) is 0 Å². The SMILES string of the molecule is CNC(=O)C(N)CCCN.Cl.Cl. The fourth-order valence-corrected chi connectivity index (χ4v) is 0.654. The van der Waals surface area contributed by atoms with Gasteiger partial charge in [-0.25, -0.2) is 0 Å². The largest absolute Gasteiger partial charge is 0.358 e. The molecule has 5 N–H and O–H groups in total. The van der Waals surface area contributed by atoms with Gasteiger partial charge in [0.05, 0.1) is 6.04 Å². The number of carbonyl (C=O) groups excluding carboxylic acids is 1. The minimum absolute atomic E-state index is 0. The molecule has 0 radical (unpaired) electrons. The molecule has 0 aromatic carbocycles. The summed E-state index contributed by atoms with van der Waals surface area (Å²) in [6, 6.07) is -0.395. The predicted molar refractivity (Wildman–Crippen MR) is 54.8 cm³/mol. The second-order valence-electron chi connectivity index (χ2n) is 2.15. The first-order valence-corrected chi connectivity index (χ1v) is 3.39. The molecule has 12 heavy (non-hydrogen) atoms. The van der Waals surface area contributed by atoms with E-state index in [0.29, 0.717) is 13.0 Å². The van der Waals surface area contributed by atoms with Crippen LogP contribution in [0.2, 0.25) is 0 Å². The van der Waals surface area contributed by atoms with E-state index in [1.807, 2.05) is 0 Å². The number of likely N-dealkylation sites (N-methyl/N-ethyl adjacent to an activating group) is 1. The van der Waals surface area contributed by atoms with Crippen molar-refractivity contribution in [3.8, 4) is 0 Å². The summed E-state index contributed by atoms with van der Waals surface area (Å²) in [7, 11) is 1.57. The first-order chi connectivity index (χ1) is 4.72. The molecule has 6 heteroatoms. The average Bonchev–Trinajstić information content (AvgIpc) is 1.98. The lowest BCUT2D eigenvalue weighted by molar-refractivity contribution is -0.122. The highest BCUT2D eigenvalue weighted by Crippen LogP contribution is 1.91. The molecule has 0 spiro atoms. The van der Waals surface area contributed by atoms with Crippen molar-refractivity contribution in [1.82, 2.24) is 5.32 Å². The van der Waals surface area contributed by atoms with Crippen LogP contribution in [-0.4, -0.2) is 25.5 Å². The second-order valence-corrected chi connectivity index (χ2v) is 2.15. The van der Waals surface area contributed by atoms with Gasteiger partial charge in [-0.1, -0.05) is 0 Å². The Kier molecular flexibility index (Phi) is 16.4. The van der Waals surface area contributed by atoms with Crippen LogP contribution in [0.4, 0.5) is 0 Å². The highest BCUT2D eigenvalue weighted by molar-refractivity contribution is 5.85. The Morgan fingerprint density at radius 3 is 2.33 bits per heavy atom. The van der Waals surface area contributed by atoms with Gasteiger partial charge in [0.15, 0.2) is 0 Å². The third-order valence-electron chi connectivity index (χ3n) is 1.30. The van der Waals surface area contributed by atoms with Crippen molar-refractivity contribution < 1.29 is 4.79 Å². The van der Waals surface area contributed by atoms with Crippen LogP contribution in [0.15, 0.2) is 0 Å². The number of nitrogens with one attached hydrogen (secondary N) is 1. The maximum atomic E-state index is 10.7. The van der Waals surface area contributed by atoms with Gasteiger partial charge in [-0.05, 0) is 19.4 Å². The van der Waals surface area contributed by atoms with Gasteiger partial charge in [-0.2, -0.15) is 0 Å². The van der Waals surface area contributed by atoms with Crippen molar-refractivity contribution in [2.75, 3.05) is 13.6 Å². The maximum absolute atomic E-state index is 10.7. The average molecular weight is 218 g/mol. The van der Waals surface area contributed by atoms with E-state index in [0.717, 1.165) is 6.42 Å². The summed E-state index contributed by atoms with van der Waals surface area (Å²) in [5.41, 5.74) is 10.7. The van der Waals surface area contributed by atoms with Gasteiger partial charge in [0, 0.05) is 7.05 Å². The predicted octanol–water partition coefficient (Wildman–Crippen LogP) is -0.358. The summed E-state index contributed by atoms with van der Waals surface area (Å²) < 4.78 is 0. The van der Waals surface area contributed by atoms with Crippen LogP contribution in [0.5, 0.6) is 0 Å². The monoisotopic (exact) mass is 217 g/mol. The van der Waals surface area contributed by atoms with Gasteiger partial charge >= 0.3 is 0 Å². The standard InChI is InChI=1S/C6H15N3O.2ClH/c1-9-6(10)5(8)3-2-4-7;;/h5H,2-4,7-8H2,1H3,(H,9,10);2*1H. The van der Waals surface area contributed by atoms with Gasteiger partial charge in [0.1, 0.15) is 0 Å². The fraction of sp³-hybridized carbons (Fsp3) is 0.833. The zero-order chi connectivity index (χ0) is 7.98. The summed E-state index contributed by atoms with van der Waals surface area (Å²) in [5.74, 6) is -0.117. The number of rotatable bonds is 4. The van der Waals surface area contributed by atoms with E-state index in [4.69, 9.17) is 11.5 Å². The van der Waals surface area contributed by atoms with Crippen molar-refractivity contribution in [2.45, 2.75) is 18.9 Å². The molecule has 0 aliphatic heterocycles. The maximum Gasteiger partial charge on any atom is 0.236 e. The molecular weight excluding hydrogens is 201 g/mol. The zero-order valence-electron chi connectivity index (χ0n) is 7.08. The molecule has 0 saturated carbocycles. The normalized spacial score (nSPS) is 10.6. The Labute approximate surface area is 85.3 Å². The first-order valence-electron chi connectivity index (χ1n) is 3.39. The zero-order valence-corrected chi connectivity index (χ0v) is 8.71. The molecule has 0 rings (SSSR count). The van der Waals surface area contributed by atoms with Crippen molar-refractivity contribution >= 4 is 30.7 Å². The minimum atomic E-state index is -0.395. The Bertz CT molecular complexity index is 113. The van der Waals surface area contributed by atoms with E-state index in [2.05, 4.69) is 5.32 Å². The van der Waals surface area contributed by atoms with Crippen LogP contribution in [0.25, 0.3) is 0 Å². The molecule has 0 bridgehead atoms. The van der Waals surface area contributed by atoms with E-state index in [-0.39, 0.29) is 30.7 Å². The number of carbonyl (C=O) groups is 1. The fourth-order valence-electron chi connectivity index (χ4n) is 0.654. The third kappa shape index (κ3) is 8.07. The van der Waals surface area contributed by atoms with E-state index < -0.39 is 6.04 Å². The number of nitrogens with two attached hydrogens (primary N) is 2. The van der Waals surface area contributed by atoms with Crippen LogP contribution < -0.4 is 16.8 Å². The molecule has 0 saturated heterocycles. The molecule has 1 atom stereocenters. The van der Waals surface area contributed by atoms with E-state index in [1.54, 1.807) is 7.05 Å². The molecule has 76 valence electrons. The Morgan fingerprint density at radius 1 is 1.50 bits per heavy atom. The quantitative estimate of drug-likeness (QED) is 0.602. The van der Waals surface area contributed by atoms with Gasteiger partial charge in [-0.15, -0.1) is 24.8 Å². The van der Waals surface area contributed by atoms with Gasteiger partial charge in [-0.3, -0.25) is 4.79 Å². The topological polar surface area (TPSA) is 81.1 Å². The number of hydrogen-bond acceptors (Lipinski definition) is 3. The van der Waals surface area contributed by atoms with Crippen LogP contribution in [0, 0.1) is 0 Å². The highest BCUT2D eigenvalue weighted by atomic mass is 35.5. The second kappa shape index (κ2) is 11.0. The summed E-state index contributed by atoms with van der Waals surface area (Å²) in [6.45, 7) is 0.588. The van der Waals surface area contributed by atoms with Crippen LogP contribution in [-0.2, 0) is 4.79 Å². The Morgan fingerprint density at radius 2 is 2.00 bits per heavy atom. The molecule has 1 unspecified atom stereocenters. The van der Waals surface area contributed by atoms with E-state index in [9.17, 15) is 4.79 Å². The first kappa shape index (κ1) is 17.9. The molecule has 0 fully saturated rings. The van der Waals surface area contributed by atoms with Gasteiger partial charge < -0.3 is 16.8 Å². The Balaban J connectivity index is -0.000000405. The van der Waals surface area contributed by atoms with Crippen LogP contribution >= 0.6 is 24.8 Å². The van der Waals surface area contributed by atoms with Crippen molar-refractivity contribution in [3.63, 3.8) is 0 Å². The summed E-state index contributed by atoms with van der Waals surface area (Å²) in [6.07, 6.45) is 1.46. The number of amides is 1. The molecule has 0 aromatic rings. The van der Waals surface area contributed by atoms with Gasteiger partial charge in [0.25, 0.3) is 0 Å². The molecular formula is C6H17Cl2N3O. The summed E-state index contributed by atoms with van der Waals surface area (Å²) >= 11 is 0. The lowest BCUT2D eigenvalue weighted by Crippen LogP contribution is -2.38. The van der Waals surface area contributed by atoms with Gasteiger partial charge in [0.2, 0.25) is 5.91 Å². The number of hydrogen-bond donors (Lipinski definition) is 3. The summed E-state index contributed by atoms with van der Waals surface area (Å²) in [5, 5.41) is 2.47. The summed E-state index contributed by atoms with van der Waals surface area (Å²) in [4.78, 5) is 10.7. The molecule has 4 nitrogen and oxygen atoms in total. The van der Waals surface area contributed by atoms with Crippen molar-refractivity contribution in [3.05, 3.63) is 0 Å². The van der Waals surface area contributed by atoms with Crippen molar-refractivity contribution in [1.29, 1.82) is 0 Å². The smallest absolute Gasteiger partial charge is 0.236 e. The lowest BCUT2D eigenvalue weighted by atomic mass is 10.1. The van der Waals surface area contributed by atoms with Crippen LogP contribution in [0.1, 0.15) is 12.8 Å². The lowest BCUT2D eigenvalue weighted by Gasteiger charge is -2.07. The molecule has 0 heterocycles. The number of halogens is 2. The molecule has 1 amide bonds. The Hall–Kier alpha value is -0.0300. The third-order valence-corrected chi connectivity index (χ3v) is 1.30.